The van der Waals surface area contributed by atoms with Gasteiger partial charge in [-0.15, -0.1) is 0 Å². The molecule has 1 saturated heterocycles. The lowest BCUT2D eigenvalue weighted by Gasteiger charge is -2.33. The van der Waals surface area contributed by atoms with Crippen LogP contribution in [0.3, 0.4) is 0 Å². The second-order valence-corrected chi connectivity index (χ2v) is 9.52. The van der Waals surface area contributed by atoms with Crippen molar-refractivity contribution in [3.05, 3.63) is 52.9 Å². The van der Waals surface area contributed by atoms with E-state index in [0.29, 0.717) is 29.5 Å². The summed E-state index contributed by atoms with van der Waals surface area (Å²) in [5, 5.41) is 6.90. The molecular weight excluding hydrogens is 438 g/mol. The molecule has 0 bridgehead atoms. The molecule has 1 unspecified atom stereocenters. The van der Waals surface area contributed by atoms with E-state index in [1.807, 2.05) is 24.0 Å². The van der Waals surface area contributed by atoms with Crippen LogP contribution >= 0.6 is 11.6 Å². The molecule has 1 atom stereocenters. The minimum atomic E-state index is -0.0756. The number of amides is 2. The highest BCUT2D eigenvalue weighted by molar-refractivity contribution is 6.33. The highest BCUT2D eigenvalue weighted by Crippen LogP contribution is 2.27. The number of hydrogen-bond acceptors (Lipinski definition) is 5. The molecule has 8 heteroatoms. The van der Waals surface area contributed by atoms with Crippen molar-refractivity contribution < 1.29 is 9.59 Å². The number of rotatable bonds is 6. The SMILES string of the molecule is CC(Nc1ncc(C(=O)N2CCC(NC(=O)C3CCCCC3)CC2)cc1Cl)c1cccnc1. The standard InChI is InChI=1S/C25H32ClN5O2/c1-17(19-8-5-11-27-15-19)29-23-22(26)14-20(16-28-23)25(33)31-12-9-21(10-13-31)30-24(32)18-6-3-2-4-7-18/h5,8,11,14-18,21H,2-4,6-7,9-10,12-13H2,1H3,(H,28,29)(H,30,32). The van der Waals surface area contributed by atoms with E-state index < -0.39 is 0 Å². The number of hydrogen-bond donors (Lipinski definition) is 2. The van der Waals surface area contributed by atoms with E-state index in [9.17, 15) is 9.59 Å². The molecule has 7 nitrogen and oxygen atoms in total. The van der Waals surface area contributed by atoms with Crippen LogP contribution in [0, 0.1) is 5.92 Å². The Morgan fingerprint density at radius 3 is 2.55 bits per heavy atom. The Bertz CT molecular complexity index is 957. The number of anilines is 1. The fourth-order valence-corrected chi connectivity index (χ4v) is 4.90. The van der Waals surface area contributed by atoms with E-state index in [0.717, 1.165) is 44.1 Å². The number of carbonyl (C=O) groups excluding carboxylic acids is 2. The Morgan fingerprint density at radius 2 is 1.88 bits per heavy atom. The first-order valence-electron chi connectivity index (χ1n) is 11.9. The van der Waals surface area contributed by atoms with Crippen molar-refractivity contribution in [3.8, 4) is 0 Å². The number of likely N-dealkylation sites (tertiary alicyclic amines) is 1. The summed E-state index contributed by atoms with van der Waals surface area (Å²) in [6, 6.07) is 5.66. The molecule has 2 fully saturated rings. The van der Waals surface area contributed by atoms with Crippen LogP contribution in [-0.4, -0.2) is 45.8 Å². The number of piperidine rings is 1. The number of aromatic nitrogens is 2. The molecule has 2 N–H and O–H groups in total. The molecule has 1 saturated carbocycles. The lowest BCUT2D eigenvalue weighted by Crippen LogP contribution is -2.48. The van der Waals surface area contributed by atoms with E-state index in [1.54, 1.807) is 24.7 Å². The molecule has 4 rings (SSSR count). The summed E-state index contributed by atoms with van der Waals surface area (Å²) in [6.07, 6.45) is 12.2. The Morgan fingerprint density at radius 1 is 1.12 bits per heavy atom. The van der Waals surface area contributed by atoms with Gasteiger partial charge in [0.05, 0.1) is 16.6 Å². The summed E-state index contributed by atoms with van der Waals surface area (Å²) in [6.45, 7) is 3.24. The zero-order valence-electron chi connectivity index (χ0n) is 19.1. The minimum absolute atomic E-state index is 0.0203. The topological polar surface area (TPSA) is 87.2 Å². The van der Waals surface area contributed by atoms with Crippen molar-refractivity contribution in [3.63, 3.8) is 0 Å². The number of halogens is 1. The normalized spacial score (nSPS) is 18.5. The van der Waals surface area contributed by atoms with Crippen LogP contribution in [0.15, 0.2) is 36.8 Å². The maximum absolute atomic E-state index is 13.0. The fraction of sp³-hybridized carbons (Fsp3) is 0.520. The minimum Gasteiger partial charge on any atom is -0.362 e. The third kappa shape index (κ3) is 6.02. The molecule has 2 amide bonds. The first-order chi connectivity index (χ1) is 16.0. The van der Waals surface area contributed by atoms with Crippen LogP contribution in [-0.2, 0) is 4.79 Å². The fourth-order valence-electron chi connectivity index (χ4n) is 4.67. The van der Waals surface area contributed by atoms with Gasteiger partial charge in [0.1, 0.15) is 5.82 Å². The molecule has 33 heavy (non-hydrogen) atoms. The molecule has 0 spiro atoms. The maximum Gasteiger partial charge on any atom is 0.255 e. The van der Waals surface area contributed by atoms with Crippen LogP contribution in [0.2, 0.25) is 5.02 Å². The van der Waals surface area contributed by atoms with Gasteiger partial charge in [-0.3, -0.25) is 14.6 Å². The largest absolute Gasteiger partial charge is 0.362 e. The predicted octanol–water partition coefficient (Wildman–Crippen LogP) is 4.60. The number of nitrogens with zero attached hydrogens (tertiary/aromatic N) is 3. The van der Waals surface area contributed by atoms with Gasteiger partial charge in [0.25, 0.3) is 5.91 Å². The molecule has 2 aromatic heterocycles. The molecule has 2 aliphatic rings. The van der Waals surface area contributed by atoms with E-state index in [2.05, 4.69) is 20.6 Å². The van der Waals surface area contributed by atoms with Crippen molar-refractivity contribution in [2.75, 3.05) is 18.4 Å². The maximum atomic E-state index is 13.0. The second-order valence-electron chi connectivity index (χ2n) is 9.12. The van der Waals surface area contributed by atoms with Gasteiger partial charge in [0.2, 0.25) is 5.91 Å². The average Bonchev–Trinajstić information content (AvgIpc) is 2.86. The van der Waals surface area contributed by atoms with Gasteiger partial charge in [-0.05, 0) is 50.3 Å². The van der Waals surface area contributed by atoms with Gasteiger partial charge < -0.3 is 15.5 Å². The Labute approximate surface area is 200 Å². The van der Waals surface area contributed by atoms with Crippen molar-refractivity contribution in [2.24, 2.45) is 5.92 Å². The first kappa shape index (κ1) is 23.5. The molecule has 1 aliphatic heterocycles. The van der Waals surface area contributed by atoms with Crippen molar-refractivity contribution >= 4 is 29.2 Å². The van der Waals surface area contributed by atoms with Gasteiger partial charge >= 0.3 is 0 Å². The summed E-state index contributed by atoms with van der Waals surface area (Å²) in [5.74, 6) is 0.820. The zero-order chi connectivity index (χ0) is 23.2. The quantitative estimate of drug-likeness (QED) is 0.645. The molecule has 0 aromatic carbocycles. The molecule has 0 radical (unpaired) electrons. The highest BCUT2D eigenvalue weighted by atomic mass is 35.5. The van der Waals surface area contributed by atoms with E-state index in [4.69, 9.17) is 11.6 Å². The van der Waals surface area contributed by atoms with E-state index >= 15 is 0 Å². The highest BCUT2D eigenvalue weighted by Gasteiger charge is 2.28. The Hall–Kier alpha value is -2.67. The summed E-state index contributed by atoms with van der Waals surface area (Å²) in [4.78, 5) is 35.9. The lowest BCUT2D eigenvalue weighted by molar-refractivity contribution is -0.126. The van der Waals surface area contributed by atoms with E-state index in [1.165, 1.54) is 6.42 Å². The third-order valence-electron chi connectivity index (χ3n) is 6.73. The predicted molar refractivity (Wildman–Crippen MR) is 129 cm³/mol. The van der Waals surface area contributed by atoms with Crippen LogP contribution in [0.25, 0.3) is 0 Å². The van der Waals surface area contributed by atoms with Crippen molar-refractivity contribution in [2.45, 2.75) is 64.0 Å². The number of nitrogens with one attached hydrogen (secondary N) is 2. The summed E-state index contributed by atoms with van der Waals surface area (Å²) in [7, 11) is 0. The Kier molecular flexibility index (Phi) is 7.81. The second kappa shape index (κ2) is 11.0. The molecule has 1 aliphatic carbocycles. The zero-order valence-corrected chi connectivity index (χ0v) is 19.9. The molecule has 176 valence electrons. The summed E-state index contributed by atoms with van der Waals surface area (Å²) >= 11 is 6.44. The van der Waals surface area contributed by atoms with Gasteiger partial charge in [-0.2, -0.15) is 0 Å². The molecule has 3 heterocycles. The van der Waals surface area contributed by atoms with Crippen LogP contribution in [0.5, 0.6) is 0 Å². The van der Waals surface area contributed by atoms with Gasteiger partial charge in [0.15, 0.2) is 0 Å². The van der Waals surface area contributed by atoms with Gasteiger partial charge in [-0.1, -0.05) is 36.9 Å². The smallest absolute Gasteiger partial charge is 0.255 e. The van der Waals surface area contributed by atoms with Gasteiger partial charge in [-0.25, -0.2) is 4.98 Å². The summed E-state index contributed by atoms with van der Waals surface area (Å²) < 4.78 is 0. The molecular formula is C25H32ClN5O2. The van der Waals surface area contributed by atoms with Crippen LogP contribution < -0.4 is 10.6 Å². The summed E-state index contributed by atoms with van der Waals surface area (Å²) in [5.41, 5.74) is 1.50. The lowest BCUT2D eigenvalue weighted by atomic mass is 9.88. The van der Waals surface area contributed by atoms with E-state index in [-0.39, 0.29) is 29.8 Å². The number of carbonyl (C=O) groups is 2. The number of pyridine rings is 2. The first-order valence-corrected chi connectivity index (χ1v) is 12.3. The third-order valence-corrected chi connectivity index (χ3v) is 7.02. The molecule has 2 aromatic rings. The average molecular weight is 470 g/mol. The van der Waals surface area contributed by atoms with Crippen LogP contribution in [0.4, 0.5) is 5.82 Å². The van der Waals surface area contributed by atoms with Crippen LogP contribution in [0.1, 0.15) is 73.8 Å². The van der Waals surface area contributed by atoms with Gasteiger partial charge in [0, 0.05) is 43.6 Å². The monoisotopic (exact) mass is 469 g/mol. The van der Waals surface area contributed by atoms with Crippen molar-refractivity contribution in [1.82, 2.24) is 20.2 Å². The Balaban J connectivity index is 1.29. The van der Waals surface area contributed by atoms with Crippen molar-refractivity contribution in [1.29, 1.82) is 0 Å².